The van der Waals surface area contributed by atoms with Gasteiger partial charge in [-0.05, 0) is 50.5 Å². The second-order valence-electron chi connectivity index (χ2n) is 8.17. The summed E-state index contributed by atoms with van der Waals surface area (Å²) in [7, 11) is 0. The largest absolute Gasteiger partial charge is 0.335 e. The van der Waals surface area contributed by atoms with Gasteiger partial charge in [0.05, 0.1) is 12.0 Å². The molecule has 0 bridgehead atoms. The number of likely N-dealkylation sites (tertiary alicyclic amines) is 1. The second-order valence-corrected chi connectivity index (χ2v) is 8.17. The maximum Gasteiger partial charge on any atom is 0.227 e. The Balaban J connectivity index is 1.81. The highest BCUT2D eigenvalue weighted by molar-refractivity contribution is 5.84. The number of hydrogen-bond acceptors (Lipinski definition) is 1. The molecule has 2 heteroatoms. The van der Waals surface area contributed by atoms with Crippen LogP contribution in [0.1, 0.15) is 57.7 Å². The molecule has 1 aliphatic carbocycles. The number of rotatable bonds is 3. The van der Waals surface area contributed by atoms with Crippen LogP contribution in [0.15, 0.2) is 35.9 Å². The molecule has 1 saturated heterocycles. The molecule has 1 heterocycles. The molecule has 1 aliphatic heterocycles. The highest BCUT2D eigenvalue weighted by atomic mass is 16.2. The Kier molecular flexibility index (Phi) is 4.12. The van der Waals surface area contributed by atoms with Crippen LogP contribution in [-0.4, -0.2) is 17.4 Å². The molecular formula is C21H29NO. The van der Waals surface area contributed by atoms with E-state index in [1.807, 2.05) is 0 Å². The average Bonchev–Trinajstić information content (AvgIpc) is 2.86. The van der Waals surface area contributed by atoms with Gasteiger partial charge in [-0.15, -0.1) is 0 Å². The number of hydrogen-bond donors (Lipinski definition) is 0. The van der Waals surface area contributed by atoms with E-state index in [0.717, 1.165) is 19.4 Å². The topological polar surface area (TPSA) is 20.3 Å². The lowest BCUT2D eigenvalue weighted by Crippen LogP contribution is -2.33. The lowest BCUT2D eigenvalue weighted by molar-refractivity contribution is -0.134. The van der Waals surface area contributed by atoms with Crippen molar-refractivity contribution in [2.45, 2.75) is 53.5 Å². The first-order valence-corrected chi connectivity index (χ1v) is 8.84. The fraction of sp³-hybridized carbons (Fsp3) is 0.571. The van der Waals surface area contributed by atoms with E-state index in [1.54, 1.807) is 0 Å². The van der Waals surface area contributed by atoms with Crippen LogP contribution in [0, 0.1) is 24.2 Å². The minimum Gasteiger partial charge on any atom is -0.335 e. The second kappa shape index (κ2) is 5.81. The van der Waals surface area contributed by atoms with Gasteiger partial charge in [0.1, 0.15) is 0 Å². The summed E-state index contributed by atoms with van der Waals surface area (Å²) in [6.07, 6.45) is 4.50. The van der Waals surface area contributed by atoms with Crippen molar-refractivity contribution < 1.29 is 4.79 Å². The molecule has 3 atom stereocenters. The van der Waals surface area contributed by atoms with Crippen LogP contribution in [0.5, 0.6) is 0 Å². The van der Waals surface area contributed by atoms with Crippen molar-refractivity contribution >= 4 is 5.91 Å². The molecular weight excluding hydrogens is 282 g/mol. The number of nitrogens with zero attached hydrogens (tertiary/aromatic N) is 1. The molecule has 0 spiro atoms. The summed E-state index contributed by atoms with van der Waals surface area (Å²) in [5.74, 6) is 0.920. The zero-order chi connectivity index (χ0) is 16.8. The fourth-order valence-electron chi connectivity index (χ4n) is 4.25. The zero-order valence-corrected chi connectivity index (χ0v) is 15.1. The van der Waals surface area contributed by atoms with Gasteiger partial charge in [-0.1, -0.05) is 55.3 Å². The Morgan fingerprint density at radius 1 is 1.30 bits per heavy atom. The summed E-state index contributed by atoms with van der Waals surface area (Å²) in [6.45, 7) is 11.8. The number of carbonyl (C=O) groups is 1. The average molecular weight is 311 g/mol. The number of carbonyl (C=O) groups excluding carboxylic acids is 1. The van der Waals surface area contributed by atoms with Crippen LogP contribution in [0.3, 0.4) is 0 Å². The fourth-order valence-corrected chi connectivity index (χ4v) is 4.25. The van der Waals surface area contributed by atoms with Gasteiger partial charge in [-0.2, -0.15) is 0 Å². The zero-order valence-electron chi connectivity index (χ0n) is 15.1. The highest BCUT2D eigenvalue weighted by Crippen LogP contribution is 2.60. The first kappa shape index (κ1) is 16.3. The molecule has 23 heavy (non-hydrogen) atoms. The Hall–Kier alpha value is -1.57. The van der Waals surface area contributed by atoms with Gasteiger partial charge >= 0.3 is 0 Å². The van der Waals surface area contributed by atoms with Crippen LogP contribution in [-0.2, 0) is 4.79 Å². The lowest BCUT2D eigenvalue weighted by Gasteiger charge is -2.26. The summed E-state index contributed by atoms with van der Waals surface area (Å²) < 4.78 is 0. The molecule has 1 aromatic carbocycles. The predicted molar refractivity (Wildman–Crippen MR) is 95.1 cm³/mol. The molecule has 3 rings (SSSR count). The Morgan fingerprint density at radius 3 is 2.70 bits per heavy atom. The third kappa shape index (κ3) is 2.96. The van der Waals surface area contributed by atoms with Crippen LogP contribution >= 0.6 is 0 Å². The van der Waals surface area contributed by atoms with E-state index >= 15 is 0 Å². The van der Waals surface area contributed by atoms with Gasteiger partial charge in [-0.3, -0.25) is 4.79 Å². The Morgan fingerprint density at radius 2 is 2.04 bits per heavy atom. The van der Waals surface area contributed by atoms with Crippen molar-refractivity contribution in [1.29, 1.82) is 0 Å². The van der Waals surface area contributed by atoms with E-state index in [2.05, 4.69) is 69.9 Å². The molecule has 2 fully saturated rings. The van der Waals surface area contributed by atoms with E-state index in [1.165, 1.54) is 16.7 Å². The van der Waals surface area contributed by atoms with Crippen molar-refractivity contribution in [2.75, 3.05) is 6.54 Å². The SMILES string of the molecule is CC(C)=C[C@@H]1[C@H](C(=O)N2CCC[C@H]2c2cccc(C)c2)C1(C)C. The summed E-state index contributed by atoms with van der Waals surface area (Å²) in [4.78, 5) is 15.3. The van der Waals surface area contributed by atoms with Gasteiger partial charge in [0, 0.05) is 6.54 Å². The molecule has 0 unspecified atom stereocenters. The molecule has 1 aromatic rings. The number of benzene rings is 1. The predicted octanol–water partition coefficient (Wildman–Crippen LogP) is 4.90. The summed E-state index contributed by atoms with van der Waals surface area (Å²) in [6, 6.07) is 8.92. The monoisotopic (exact) mass is 311 g/mol. The lowest BCUT2D eigenvalue weighted by atomic mass is 10.0. The van der Waals surface area contributed by atoms with Crippen molar-refractivity contribution in [2.24, 2.45) is 17.3 Å². The minimum atomic E-state index is 0.105. The van der Waals surface area contributed by atoms with Crippen LogP contribution in [0.25, 0.3) is 0 Å². The van der Waals surface area contributed by atoms with Crippen LogP contribution in [0.2, 0.25) is 0 Å². The standard InChI is InChI=1S/C21H29NO/c1-14(2)12-17-19(21(17,4)5)20(23)22-11-7-10-18(22)16-9-6-8-15(3)13-16/h6,8-9,12-13,17-19H,7,10-11H2,1-5H3/t17-,18+,19-/m1/s1. The smallest absolute Gasteiger partial charge is 0.227 e. The maximum absolute atomic E-state index is 13.2. The molecule has 124 valence electrons. The number of aryl methyl sites for hydroxylation is 1. The maximum atomic E-state index is 13.2. The minimum absolute atomic E-state index is 0.105. The van der Waals surface area contributed by atoms with E-state index in [0.29, 0.717) is 11.8 Å². The summed E-state index contributed by atoms with van der Waals surface area (Å²) in [5.41, 5.74) is 3.99. The van der Waals surface area contributed by atoms with Gasteiger partial charge in [0.25, 0.3) is 0 Å². The highest BCUT2D eigenvalue weighted by Gasteiger charge is 2.61. The molecule has 0 aromatic heterocycles. The van der Waals surface area contributed by atoms with Crippen LogP contribution in [0.4, 0.5) is 0 Å². The normalized spacial score (nSPS) is 28.6. The van der Waals surface area contributed by atoms with Gasteiger partial charge in [0.15, 0.2) is 0 Å². The van der Waals surface area contributed by atoms with Gasteiger partial charge in [-0.25, -0.2) is 0 Å². The van der Waals surface area contributed by atoms with E-state index in [9.17, 15) is 4.79 Å². The van der Waals surface area contributed by atoms with Crippen molar-refractivity contribution in [3.05, 3.63) is 47.0 Å². The van der Waals surface area contributed by atoms with Gasteiger partial charge < -0.3 is 4.90 Å². The Labute approximate surface area is 140 Å². The number of allylic oxidation sites excluding steroid dienone is 2. The van der Waals surface area contributed by atoms with E-state index in [4.69, 9.17) is 0 Å². The first-order chi connectivity index (χ1) is 10.8. The first-order valence-electron chi connectivity index (χ1n) is 8.84. The van der Waals surface area contributed by atoms with E-state index in [-0.39, 0.29) is 17.4 Å². The summed E-state index contributed by atoms with van der Waals surface area (Å²) >= 11 is 0. The quantitative estimate of drug-likeness (QED) is 0.727. The molecule has 1 amide bonds. The summed E-state index contributed by atoms with van der Waals surface area (Å²) in [5, 5.41) is 0. The van der Waals surface area contributed by atoms with Crippen molar-refractivity contribution in [3.63, 3.8) is 0 Å². The molecule has 2 aliphatic rings. The molecule has 1 saturated carbocycles. The van der Waals surface area contributed by atoms with Crippen molar-refractivity contribution in [1.82, 2.24) is 4.90 Å². The third-order valence-corrected chi connectivity index (χ3v) is 5.65. The molecule has 2 nitrogen and oxygen atoms in total. The van der Waals surface area contributed by atoms with E-state index < -0.39 is 0 Å². The number of amides is 1. The third-order valence-electron chi connectivity index (χ3n) is 5.65. The molecule has 0 radical (unpaired) electrons. The molecule has 0 N–H and O–H groups in total. The Bertz CT molecular complexity index is 639. The van der Waals surface area contributed by atoms with Crippen molar-refractivity contribution in [3.8, 4) is 0 Å². The van der Waals surface area contributed by atoms with Gasteiger partial charge in [0.2, 0.25) is 5.91 Å². The van der Waals surface area contributed by atoms with Crippen LogP contribution < -0.4 is 0 Å².